The van der Waals surface area contributed by atoms with E-state index in [1.54, 1.807) is 12.1 Å². The van der Waals surface area contributed by atoms with E-state index in [0.717, 1.165) is 17.7 Å². The molecule has 0 atom stereocenters. The van der Waals surface area contributed by atoms with Crippen molar-refractivity contribution < 1.29 is 31.5 Å². The van der Waals surface area contributed by atoms with E-state index in [9.17, 15) is 26.4 Å². The highest BCUT2D eigenvalue weighted by molar-refractivity contribution is 7.89. The molecule has 0 unspecified atom stereocenters. The minimum Gasteiger partial charge on any atom is -0.478 e. The molecule has 1 aromatic heterocycles. The third-order valence-corrected chi connectivity index (χ3v) is 6.55. The van der Waals surface area contributed by atoms with Gasteiger partial charge in [0.15, 0.2) is 0 Å². The maximum absolute atomic E-state index is 12.9. The van der Waals surface area contributed by atoms with Gasteiger partial charge < -0.3 is 5.11 Å². The number of halogens is 3. The highest BCUT2D eigenvalue weighted by Gasteiger charge is 2.30. The van der Waals surface area contributed by atoms with Crippen LogP contribution in [0.3, 0.4) is 0 Å². The molecule has 0 bridgehead atoms. The molecule has 4 aromatic rings. The summed E-state index contributed by atoms with van der Waals surface area (Å²) in [7, 11) is -3.95. The van der Waals surface area contributed by atoms with Crippen LogP contribution < -0.4 is 4.83 Å². The van der Waals surface area contributed by atoms with E-state index < -0.39 is 27.7 Å². The van der Waals surface area contributed by atoms with Gasteiger partial charge in [0.1, 0.15) is 5.69 Å². The summed E-state index contributed by atoms with van der Waals surface area (Å²) in [5.41, 5.74) is 1.54. The number of hydrazone groups is 1. The Kier molecular flexibility index (Phi) is 6.86. The molecule has 0 radical (unpaired) electrons. The van der Waals surface area contributed by atoms with Crippen molar-refractivity contribution in [2.24, 2.45) is 5.10 Å². The number of carboxylic acid groups (broad SMARTS) is 1. The van der Waals surface area contributed by atoms with Gasteiger partial charge in [-0.05, 0) is 55.5 Å². The topological polar surface area (TPSA) is 114 Å². The molecule has 0 saturated heterocycles. The van der Waals surface area contributed by atoms with Crippen LogP contribution in [-0.2, 0) is 16.2 Å². The van der Waals surface area contributed by atoms with Crippen LogP contribution in [0.15, 0.2) is 89.0 Å². The number of sulfonamides is 1. The fourth-order valence-corrected chi connectivity index (χ4v) is 4.14. The van der Waals surface area contributed by atoms with Crippen LogP contribution in [0.25, 0.3) is 16.9 Å². The number of hydrogen-bond donors (Lipinski definition) is 2. The Labute approximate surface area is 209 Å². The van der Waals surface area contributed by atoms with Crippen LogP contribution >= 0.6 is 0 Å². The van der Waals surface area contributed by atoms with Gasteiger partial charge in [0.25, 0.3) is 10.0 Å². The molecule has 0 amide bonds. The van der Waals surface area contributed by atoms with Crippen molar-refractivity contribution in [1.29, 1.82) is 0 Å². The van der Waals surface area contributed by atoms with Gasteiger partial charge in [-0.3, -0.25) is 0 Å². The summed E-state index contributed by atoms with van der Waals surface area (Å²) < 4.78 is 65.2. The Hall–Kier alpha value is -4.45. The van der Waals surface area contributed by atoms with Crippen LogP contribution in [0, 0.1) is 6.92 Å². The SMILES string of the molecule is Cc1ccc(S(=O)(=O)N/N=C/c2cn(-c3ccc(C(F)(F)F)cc3)nc2-c2ccc(C(=O)O)cc2)cc1. The number of aromatic nitrogens is 2. The lowest BCUT2D eigenvalue weighted by molar-refractivity contribution is -0.137. The van der Waals surface area contributed by atoms with Crippen molar-refractivity contribution in [3.8, 4) is 16.9 Å². The largest absolute Gasteiger partial charge is 0.478 e. The van der Waals surface area contributed by atoms with E-state index in [2.05, 4.69) is 15.0 Å². The summed E-state index contributed by atoms with van der Waals surface area (Å²) in [4.78, 5) is 13.3. The number of carboxylic acids is 1. The monoisotopic (exact) mass is 528 g/mol. The molecule has 190 valence electrons. The second-order valence-corrected chi connectivity index (χ2v) is 9.63. The van der Waals surface area contributed by atoms with Crippen LogP contribution in [0.1, 0.15) is 27.0 Å². The summed E-state index contributed by atoms with van der Waals surface area (Å²) in [5.74, 6) is -1.12. The third-order valence-electron chi connectivity index (χ3n) is 5.31. The van der Waals surface area contributed by atoms with E-state index >= 15 is 0 Å². The second-order valence-electron chi connectivity index (χ2n) is 7.97. The minimum absolute atomic E-state index is 0.0141. The number of hydrogen-bond acceptors (Lipinski definition) is 5. The number of aromatic carboxylic acids is 1. The van der Waals surface area contributed by atoms with Crippen molar-refractivity contribution in [1.82, 2.24) is 14.6 Å². The fraction of sp³-hybridized carbons (Fsp3) is 0.0800. The molecule has 2 N–H and O–H groups in total. The Bertz CT molecular complexity index is 1560. The lowest BCUT2D eigenvalue weighted by atomic mass is 10.1. The zero-order valence-electron chi connectivity index (χ0n) is 19.1. The number of nitrogens with zero attached hydrogens (tertiary/aromatic N) is 3. The first-order valence-electron chi connectivity index (χ1n) is 10.7. The molecule has 4 rings (SSSR count). The van der Waals surface area contributed by atoms with Gasteiger partial charge in [0, 0.05) is 17.3 Å². The third kappa shape index (κ3) is 5.86. The first-order chi connectivity index (χ1) is 17.4. The van der Waals surface area contributed by atoms with Gasteiger partial charge in [-0.1, -0.05) is 29.8 Å². The maximum Gasteiger partial charge on any atom is 0.416 e. The van der Waals surface area contributed by atoms with Gasteiger partial charge >= 0.3 is 12.1 Å². The molecule has 1 heterocycles. The number of benzene rings is 3. The zero-order chi connectivity index (χ0) is 26.8. The van der Waals surface area contributed by atoms with Crippen molar-refractivity contribution in [3.63, 3.8) is 0 Å². The predicted molar refractivity (Wildman–Crippen MR) is 130 cm³/mol. The highest BCUT2D eigenvalue weighted by atomic mass is 32.2. The summed E-state index contributed by atoms with van der Waals surface area (Å²) >= 11 is 0. The smallest absolute Gasteiger partial charge is 0.416 e. The Morgan fingerprint density at radius 2 is 1.62 bits per heavy atom. The first kappa shape index (κ1) is 25.6. The van der Waals surface area contributed by atoms with Crippen molar-refractivity contribution in [3.05, 3.63) is 101 Å². The van der Waals surface area contributed by atoms with Crippen LogP contribution in [-0.4, -0.2) is 35.5 Å². The zero-order valence-corrected chi connectivity index (χ0v) is 20.0. The molecule has 0 aliphatic rings. The summed E-state index contributed by atoms with van der Waals surface area (Å²) in [6.07, 6.45) is -1.82. The van der Waals surface area contributed by atoms with E-state index in [1.807, 2.05) is 6.92 Å². The molecule has 0 aliphatic carbocycles. The number of nitrogens with one attached hydrogen (secondary N) is 1. The van der Waals surface area contributed by atoms with Gasteiger partial charge in [-0.2, -0.15) is 31.8 Å². The fourth-order valence-electron chi connectivity index (χ4n) is 3.35. The molecule has 12 heteroatoms. The molecule has 0 saturated carbocycles. The minimum atomic E-state index is -4.49. The standard InChI is InChI=1S/C25H19F3N4O4S/c1-16-2-12-22(13-3-16)37(35,36)31-29-14-19-15-32(21-10-8-20(9-11-21)25(26,27)28)30-23(19)17-4-6-18(7-5-17)24(33)34/h2-15,31H,1H3,(H,33,34)/b29-14+. The lowest BCUT2D eigenvalue weighted by Gasteiger charge is -2.07. The molecule has 0 spiro atoms. The summed E-state index contributed by atoms with van der Waals surface area (Å²) in [6.45, 7) is 1.82. The Balaban J connectivity index is 1.69. The van der Waals surface area contributed by atoms with E-state index in [4.69, 9.17) is 5.11 Å². The van der Waals surface area contributed by atoms with E-state index in [0.29, 0.717) is 22.5 Å². The summed E-state index contributed by atoms with van der Waals surface area (Å²) in [6, 6.07) is 16.2. The first-order valence-corrected chi connectivity index (χ1v) is 12.1. The van der Waals surface area contributed by atoms with Gasteiger partial charge in [0.2, 0.25) is 0 Å². The number of alkyl halides is 3. The van der Waals surface area contributed by atoms with Gasteiger partial charge in [0.05, 0.1) is 27.9 Å². The number of rotatable bonds is 7. The van der Waals surface area contributed by atoms with Crippen LogP contribution in [0.4, 0.5) is 13.2 Å². The van der Waals surface area contributed by atoms with Crippen LogP contribution in [0.2, 0.25) is 0 Å². The van der Waals surface area contributed by atoms with E-state index in [-0.39, 0.29) is 10.5 Å². The van der Waals surface area contributed by atoms with Crippen molar-refractivity contribution in [2.75, 3.05) is 0 Å². The average Bonchev–Trinajstić information content (AvgIpc) is 3.28. The molecule has 0 aliphatic heterocycles. The molecular formula is C25H19F3N4O4S. The molecule has 37 heavy (non-hydrogen) atoms. The normalized spacial score (nSPS) is 12.1. The quantitative estimate of drug-likeness (QED) is 0.262. The number of carbonyl (C=O) groups is 1. The van der Waals surface area contributed by atoms with Crippen molar-refractivity contribution in [2.45, 2.75) is 18.0 Å². The lowest BCUT2D eigenvalue weighted by Crippen LogP contribution is -2.18. The Morgan fingerprint density at radius 1 is 1.00 bits per heavy atom. The second kappa shape index (κ2) is 9.90. The average molecular weight is 529 g/mol. The number of aryl methyl sites for hydroxylation is 1. The van der Waals surface area contributed by atoms with E-state index in [1.165, 1.54) is 65.6 Å². The highest BCUT2D eigenvalue weighted by Crippen LogP contribution is 2.30. The maximum atomic E-state index is 12.9. The van der Waals surface area contributed by atoms with Gasteiger partial charge in [-0.15, -0.1) is 0 Å². The molecule has 8 nitrogen and oxygen atoms in total. The van der Waals surface area contributed by atoms with Crippen molar-refractivity contribution >= 4 is 22.2 Å². The van der Waals surface area contributed by atoms with Gasteiger partial charge in [-0.25, -0.2) is 14.3 Å². The Morgan fingerprint density at radius 3 is 2.19 bits per heavy atom. The van der Waals surface area contributed by atoms with Crippen LogP contribution in [0.5, 0.6) is 0 Å². The predicted octanol–water partition coefficient (Wildman–Crippen LogP) is 4.88. The summed E-state index contributed by atoms with van der Waals surface area (Å²) in [5, 5.41) is 17.4. The molecule has 3 aromatic carbocycles. The molecular weight excluding hydrogens is 509 g/mol. The molecule has 0 fully saturated rings.